The zero-order valence-electron chi connectivity index (χ0n) is 10.8. The van der Waals surface area contributed by atoms with Gasteiger partial charge in [-0.3, -0.25) is 0 Å². The lowest BCUT2D eigenvalue weighted by Gasteiger charge is -2.10. The molecule has 3 rings (SSSR count). The molecule has 0 amide bonds. The van der Waals surface area contributed by atoms with Crippen molar-refractivity contribution in [3.8, 4) is 5.88 Å². The first-order chi connectivity index (χ1) is 10.3. The Kier molecular flexibility index (Phi) is 3.21. The van der Waals surface area contributed by atoms with Gasteiger partial charge in [-0.05, 0) is 16.2 Å². The normalized spacial score (nSPS) is 12.7. The number of pyridine rings is 1. The second-order valence-electron chi connectivity index (χ2n) is 4.51. The number of fused-ring (bicyclic) bond motifs is 3. The Morgan fingerprint density at radius 3 is 2.36 bits per heavy atom. The largest absolute Gasteiger partial charge is 0.534 e. The Balaban J connectivity index is 2.15. The van der Waals surface area contributed by atoms with Crippen LogP contribution in [0.25, 0.3) is 21.5 Å². The van der Waals surface area contributed by atoms with E-state index in [1.807, 2.05) is 18.2 Å². The van der Waals surface area contributed by atoms with Gasteiger partial charge in [-0.15, -0.1) is 0 Å². The summed E-state index contributed by atoms with van der Waals surface area (Å²) < 4.78 is 63.2. The van der Waals surface area contributed by atoms with E-state index in [4.69, 9.17) is 0 Å². The molecule has 1 aromatic heterocycles. The van der Waals surface area contributed by atoms with E-state index in [0.29, 0.717) is 10.8 Å². The summed E-state index contributed by atoms with van der Waals surface area (Å²) in [5, 5.41) is 2.85. The number of aromatic nitrogens is 1. The van der Waals surface area contributed by atoms with E-state index in [1.165, 1.54) is 12.3 Å². The standard InChI is InChI=1S/C14H8F3NO3S/c15-14(16,17)22(19,20)21-13-7-12-10(8-18-13)6-5-9-3-1-2-4-11(9)12/h1-8H. The third kappa shape index (κ3) is 2.45. The number of alkyl halides is 3. The van der Waals surface area contributed by atoms with Crippen LogP contribution in [0.5, 0.6) is 5.88 Å². The summed E-state index contributed by atoms with van der Waals surface area (Å²) in [4.78, 5) is 3.61. The molecule has 0 bridgehead atoms. The minimum absolute atomic E-state index is 0.556. The Morgan fingerprint density at radius 2 is 1.64 bits per heavy atom. The van der Waals surface area contributed by atoms with Gasteiger partial charge in [0.25, 0.3) is 0 Å². The molecule has 0 aliphatic rings. The molecule has 0 aliphatic heterocycles. The topological polar surface area (TPSA) is 56.3 Å². The van der Waals surface area contributed by atoms with E-state index in [9.17, 15) is 21.6 Å². The van der Waals surface area contributed by atoms with Gasteiger partial charge in [-0.2, -0.15) is 21.6 Å². The fourth-order valence-corrected chi connectivity index (χ4v) is 2.50. The molecular weight excluding hydrogens is 319 g/mol. The zero-order valence-corrected chi connectivity index (χ0v) is 11.6. The molecule has 2 aromatic carbocycles. The second kappa shape index (κ2) is 4.84. The van der Waals surface area contributed by atoms with Crippen LogP contribution < -0.4 is 4.18 Å². The molecule has 0 atom stereocenters. The van der Waals surface area contributed by atoms with E-state index in [2.05, 4.69) is 9.17 Å². The molecule has 8 heteroatoms. The fourth-order valence-electron chi connectivity index (χ4n) is 2.09. The van der Waals surface area contributed by atoms with Gasteiger partial charge in [0, 0.05) is 17.6 Å². The van der Waals surface area contributed by atoms with Crippen LogP contribution in [-0.2, 0) is 10.1 Å². The molecular formula is C14H8F3NO3S. The van der Waals surface area contributed by atoms with Crippen molar-refractivity contribution in [3.63, 3.8) is 0 Å². The summed E-state index contributed by atoms with van der Waals surface area (Å²) in [6.45, 7) is 0. The van der Waals surface area contributed by atoms with Crippen molar-refractivity contribution in [1.82, 2.24) is 4.98 Å². The van der Waals surface area contributed by atoms with Crippen LogP contribution in [0, 0.1) is 0 Å². The molecule has 0 aliphatic carbocycles. The fraction of sp³-hybridized carbons (Fsp3) is 0.0714. The molecule has 114 valence electrons. The maximum atomic E-state index is 12.3. The number of halogens is 3. The average molecular weight is 327 g/mol. The van der Waals surface area contributed by atoms with Crippen molar-refractivity contribution in [1.29, 1.82) is 0 Å². The number of benzene rings is 2. The van der Waals surface area contributed by atoms with Gasteiger partial charge in [0.15, 0.2) is 0 Å². The van der Waals surface area contributed by atoms with E-state index < -0.39 is 21.5 Å². The van der Waals surface area contributed by atoms with E-state index >= 15 is 0 Å². The Morgan fingerprint density at radius 1 is 0.955 bits per heavy atom. The predicted octanol–water partition coefficient (Wildman–Crippen LogP) is 3.62. The maximum Gasteiger partial charge on any atom is 0.534 e. The van der Waals surface area contributed by atoms with Crippen LogP contribution >= 0.6 is 0 Å². The summed E-state index contributed by atoms with van der Waals surface area (Å²) in [5.41, 5.74) is -5.50. The van der Waals surface area contributed by atoms with Gasteiger partial charge in [0.05, 0.1) is 0 Å². The first kappa shape index (κ1) is 14.6. The molecule has 0 saturated heterocycles. The van der Waals surface area contributed by atoms with Crippen LogP contribution in [0.3, 0.4) is 0 Å². The number of nitrogens with zero attached hydrogens (tertiary/aromatic N) is 1. The van der Waals surface area contributed by atoms with Crippen molar-refractivity contribution in [2.45, 2.75) is 5.51 Å². The van der Waals surface area contributed by atoms with Crippen LogP contribution in [0.1, 0.15) is 0 Å². The third-order valence-corrected chi connectivity index (χ3v) is 4.04. The lowest BCUT2D eigenvalue weighted by molar-refractivity contribution is -0.0501. The van der Waals surface area contributed by atoms with E-state index in [0.717, 1.165) is 10.8 Å². The molecule has 0 radical (unpaired) electrons. The Hall–Kier alpha value is -2.35. The molecule has 1 heterocycles. The van der Waals surface area contributed by atoms with E-state index in [-0.39, 0.29) is 0 Å². The molecule has 22 heavy (non-hydrogen) atoms. The smallest absolute Gasteiger partial charge is 0.355 e. The average Bonchev–Trinajstić information content (AvgIpc) is 2.45. The number of hydrogen-bond acceptors (Lipinski definition) is 4. The van der Waals surface area contributed by atoms with Crippen molar-refractivity contribution >= 4 is 31.7 Å². The lowest BCUT2D eigenvalue weighted by atomic mass is 10.0. The summed E-state index contributed by atoms with van der Waals surface area (Å²) in [7, 11) is -5.74. The quantitative estimate of drug-likeness (QED) is 0.410. The summed E-state index contributed by atoms with van der Waals surface area (Å²) in [6.07, 6.45) is 1.27. The van der Waals surface area contributed by atoms with Crippen molar-refractivity contribution in [2.24, 2.45) is 0 Å². The summed E-state index contributed by atoms with van der Waals surface area (Å²) >= 11 is 0. The monoisotopic (exact) mass is 327 g/mol. The molecule has 0 fully saturated rings. The highest BCUT2D eigenvalue weighted by Crippen LogP contribution is 2.30. The minimum Gasteiger partial charge on any atom is -0.355 e. The van der Waals surface area contributed by atoms with Crippen molar-refractivity contribution in [2.75, 3.05) is 0 Å². The van der Waals surface area contributed by atoms with Gasteiger partial charge in [0.1, 0.15) is 0 Å². The van der Waals surface area contributed by atoms with Crippen LogP contribution in [0.15, 0.2) is 48.7 Å². The Bertz CT molecular complexity index is 968. The molecule has 0 spiro atoms. The van der Waals surface area contributed by atoms with Crippen LogP contribution in [-0.4, -0.2) is 18.9 Å². The first-order valence-electron chi connectivity index (χ1n) is 6.06. The highest BCUT2D eigenvalue weighted by atomic mass is 32.2. The SMILES string of the molecule is O=S(=O)(Oc1cc2c(ccc3ccccc32)cn1)C(F)(F)F. The number of hydrogen-bond donors (Lipinski definition) is 0. The van der Waals surface area contributed by atoms with Crippen molar-refractivity contribution < 1.29 is 25.8 Å². The maximum absolute atomic E-state index is 12.3. The van der Waals surface area contributed by atoms with Gasteiger partial charge in [-0.1, -0.05) is 36.4 Å². The van der Waals surface area contributed by atoms with Gasteiger partial charge in [0.2, 0.25) is 5.88 Å². The first-order valence-corrected chi connectivity index (χ1v) is 7.47. The highest BCUT2D eigenvalue weighted by Gasteiger charge is 2.48. The van der Waals surface area contributed by atoms with Gasteiger partial charge < -0.3 is 4.18 Å². The predicted molar refractivity (Wildman–Crippen MR) is 74.9 cm³/mol. The van der Waals surface area contributed by atoms with Crippen LogP contribution in [0.2, 0.25) is 0 Å². The lowest BCUT2D eigenvalue weighted by Crippen LogP contribution is -2.28. The minimum atomic E-state index is -5.74. The van der Waals surface area contributed by atoms with Crippen molar-refractivity contribution in [3.05, 3.63) is 48.7 Å². The summed E-state index contributed by atoms with van der Waals surface area (Å²) in [5.74, 6) is -0.624. The second-order valence-corrected chi connectivity index (χ2v) is 6.05. The summed E-state index contributed by atoms with van der Waals surface area (Å²) in [6, 6.07) is 12.0. The molecule has 4 nitrogen and oxygen atoms in total. The van der Waals surface area contributed by atoms with Gasteiger partial charge in [-0.25, -0.2) is 4.98 Å². The van der Waals surface area contributed by atoms with Crippen LogP contribution in [0.4, 0.5) is 13.2 Å². The van der Waals surface area contributed by atoms with E-state index in [1.54, 1.807) is 18.2 Å². The highest BCUT2D eigenvalue weighted by molar-refractivity contribution is 7.87. The molecule has 3 aromatic rings. The number of rotatable bonds is 2. The third-order valence-electron chi connectivity index (χ3n) is 3.08. The Labute approximate surface area is 123 Å². The zero-order chi connectivity index (χ0) is 16.0. The molecule has 0 N–H and O–H groups in total. The molecule has 0 unspecified atom stereocenters. The molecule has 0 saturated carbocycles. The van der Waals surface area contributed by atoms with Gasteiger partial charge >= 0.3 is 15.6 Å².